The van der Waals surface area contributed by atoms with Gasteiger partial charge in [0.15, 0.2) is 0 Å². The number of pyridine rings is 1. The van der Waals surface area contributed by atoms with Crippen LogP contribution >= 0.6 is 11.3 Å². The number of fused-ring (bicyclic) bond motifs is 1. The standard InChI is InChI=1S/C20H19F3N6O2S/c1-27(18(31)26-13-4-12(7-24-8-13)20(21,22)23)14-5-19(6-14)10-28(11-19)16(30)15-9-25-29-2-3-32-17(15)29/h2-4,7-9,14H,5-6,10-11H2,1H3,(H,26,31). The lowest BCUT2D eigenvalue weighted by Gasteiger charge is -2.60. The first-order chi connectivity index (χ1) is 15.2. The van der Waals surface area contributed by atoms with Gasteiger partial charge in [0, 0.05) is 49.4 Å². The first kappa shape index (κ1) is 20.7. The summed E-state index contributed by atoms with van der Waals surface area (Å²) in [5.74, 6) is -0.0420. The Morgan fingerprint density at radius 2 is 2.00 bits per heavy atom. The van der Waals surface area contributed by atoms with Gasteiger partial charge in [-0.15, -0.1) is 11.3 Å². The lowest BCUT2D eigenvalue weighted by Crippen LogP contribution is -2.67. The molecule has 2 fully saturated rings. The van der Waals surface area contributed by atoms with E-state index in [0.717, 1.165) is 23.7 Å². The van der Waals surface area contributed by atoms with E-state index in [2.05, 4.69) is 15.4 Å². The molecule has 12 heteroatoms. The zero-order valence-corrected chi connectivity index (χ0v) is 17.8. The molecule has 0 bridgehead atoms. The Kier molecular flexibility index (Phi) is 4.66. The third-order valence-corrected chi connectivity index (χ3v) is 7.11. The number of aromatic nitrogens is 3. The fraction of sp³-hybridized carbons (Fsp3) is 0.400. The fourth-order valence-electron chi connectivity index (χ4n) is 4.46. The Balaban J connectivity index is 1.14. The second kappa shape index (κ2) is 7.19. The van der Waals surface area contributed by atoms with E-state index in [1.54, 1.807) is 28.9 Å². The van der Waals surface area contributed by atoms with Crippen LogP contribution in [-0.4, -0.2) is 62.5 Å². The van der Waals surface area contributed by atoms with Crippen molar-refractivity contribution in [3.63, 3.8) is 0 Å². The quantitative estimate of drug-likeness (QED) is 0.643. The van der Waals surface area contributed by atoms with E-state index in [9.17, 15) is 22.8 Å². The number of carbonyl (C=O) groups excluding carboxylic acids is 2. The molecular weight excluding hydrogens is 445 g/mol. The summed E-state index contributed by atoms with van der Waals surface area (Å²) in [7, 11) is 1.62. The van der Waals surface area contributed by atoms with E-state index in [1.165, 1.54) is 22.4 Å². The van der Waals surface area contributed by atoms with Gasteiger partial charge >= 0.3 is 12.2 Å². The number of nitrogens with zero attached hydrogens (tertiary/aromatic N) is 5. The van der Waals surface area contributed by atoms with Gasteiger partial charge in [0.05, 0.1) is 29.2 Å². The number of alkyl halides is 3. The molecule has 0 atom stereocenters. The number of amides is 3. The van der Waals surface area contributed by atoms with Crippen LogP contribution in [0.25, 0.3) is 4.83 Å². The summed E-state index contributed by atoms with van der Waals surface area (Å²) < 4.78 is 40.2. The summed E-state index contributed by atoms with van der Waals surface area (Å²) in [6.07, 6.45) is 2.24. The van der Waals surface area contributed by atoms with Gasteiger partial charge in [-0.05, 0) is 18.9 Å². The average molecular weight is 464 g/mol. The number of hydrogen-bond acceptors (Lipinski definition) is 5. The van der Waals surface area contributed by atoms with Crippen LogP contribution in [0, 0.1) is 5.41 Å². The molecule has 0 radical (unpaired) electrons. The molecule has 1 saturated heterocycles. The monoisotopic (exact) mass is 464 g/mol. The summed E-state index contributed by atoms with van der Waals surface area (Å²) in [6.45, 7) is 1.25. The lowest BCUT2D eigenvalue weighted by molar-refractivity contribution is -0.137. The smallest absolute Gasteiger partial charge is 0.337 e. The SMILES string of the molecule is CN(C(=O)Nc1cncc(C(F)(F)F)c1)C1CC2(C1)CN(C(=O)c1cnn3ccsc13)C2. The van der Waals surface area contributed by atoms with Crippen LogP contribution in [0.4, 0.5) is 23.7 Å². The molecule has 8 nitrogen and oxygen atoms in total. The Morgan fingerprint density at radius 1 is 1.25 bits per heavy atom. The molecule has 1 aliphatic heterocycles. The van der Waals surface area contributed by atoms with Gasteiger partial charge < -0.3 is 15.1 Å². The predicted octanol–water partition coefficient (Wildman–Crippen LogP) is 3.58. The van der Waals surface area contributed by atoms with Gasteiger partial charge in [0.2, 0.25) is 0 Å². The maximum absolute atomic E-state index is 12.8. The number of hydrogen-bond donors (Lipinski definition) is 1. The van der Waals surface area contributed by atoms with Gasteiger partial charge in [-0.1, -0.05) is 0 Å². The third kappa shape index (κ3) is 3.48. The molecule has 0 aromatic carbocycles. The van der Waals surface area contributed by atoms with E-state index in [4.69, 9.17) is 0 Å². The zero-order chi connectivity index (χ0) is 22.7. The largest absolute Gasteiger partial charge is 0.417 e. The van der Waals surface area contributed by atoms with Crippen LogP contribution in [-0.2, 0) is 6.18 Å². The molecule has 2 aliphatic rings. The van der Waals surface area contributed by atoms with E-state index in [-0.39, 0.29) is 23.1 Å². The fourth-order valence-corrected chi connectivity index (χ4v) is 5.25. The van der Waals surface area contributed by atoms with Crippen molar-refractivity contribution in [2.24, 2.45) is 5.41 Å². The number of halogens is 3. The average Bonchev–Trinajstić information content (AvgIpc) is 3.28. The summed E-state index contributed by atoms with van der Waals surface area (Å²) in [5, 5.41) is 8.54. The number of carbonyl (C=O) groups is 2. The summed E-state index contributed by atoms with van der Waals surface area (Å²) in [4.78, 5) is 32.9. The Morgan fingerprint density at radius 3 is 2.72 bits per heavy atom. The van der Waals surface area contributed by atoms with Crippen molar-refractivity contribution in [3.05, 3.63) is 47.4 Å². The predicted molar refractivity (Wildman–Crippen MR) is 110 cm³/mol. The second-order valence-electron chi connectivity index (χ2n) is 8.44. The summed E-state index contributed by atoms with van der Waals surface area (Å²) in [6, 6.07) is 0.335. The molecule has 3 amide bonds. The summed E-state index contributed by atoms with van der Waals surface area (Å²) in [5.41, 5.74) is -0.337. The molecule has 4 heterocycles. The molecule has 3 aromatic rings. The lowest BCUT2D eigenvalue weighted by atomic mass is 9.60. The normalized spacial score (nSPS) is 17.8. The zero-order valence-electron chi connectivity index (χ0n) is 17.0. The van der Waals surface area contributed by atoms with Crippen molar-refractivity contribution < 1.29 is 22.8 Å². The van der Waals surface area contributed by atoms with Gasteiger partial charge in [-0.3, -0.25) is 9.78 Å². The maximum atomic E-state index is 12.8. The highest BCUT2D eigenvalue weighted by Gasteiger charge is 2.55. The van der Waals surface area contributed by atoms with Gasteiger partial charge in [0.1, 0.15) is 4.83 Å². The highest BCUT2D eigenvalue weighted by atomic mass is 32.1. The van der Waals surface area contributed by atoms with E-state index < -0.39 is 17.8 Å². The number of thiazole rings is 1. The molecule has 1 spiro atoms. The Bertz CT molecular complexity index is 1190. The van der Waals surface area contributed by atoms with Gasteiger partial charge in [-0.2, -0.15) is 18.3 Å². The van der Waals surface area contributed by atoms with Crippen LogP contribution in [0.2, 0.25) is 0 Å². The van der Waals surface area contributed by atoms with Crippen molar-refractivity contribution in [1.29, 1.82) is 0 Å². The molecule has 5 rings (SSSR count). The van der Waals surface area contributed by atoms with Gasteiger partial charge in [0.25, 0.3) is 5.91 Å². The van der Waals surface area contributed by atoms with E-state index in [0.29, 0.717) is 24.8 Å². The molecular formula is C20H19F3N6O2S. The Labute approximate surface area is 184 Å². The molecule has 168 valence electrons. The van der Waals surface area contributed by atoms with Crippen molar-refractivity contribution in [3.8, 4) is 0 Å². The van der Waals surface area contributed by atoms with Crippen molar-refractivity contribution in [1.82, 2.24) is 24.4 Å². The van der Waals surface area contributed by atoms with E-state index >= 15 is 0 Å². The molecule has 1 N–H and O–H groups in total. The molecule has 1 aliphatic carbocycles. The van der Waals surface area contributed by atoms with Crippen molar-refractivity contribution in [2.45, 2.75) is 25.1 Å². The van der Waals surface area contributed by atoms with Crippen LogP contribution in [0.1, 0.15) is 28.8 Å². The number of nitrogens with one attached hydrogen (secondary N) is 1. The maximum Gasteiger partial charge on any atom is 0.417 e. The number of anilines is 1. The number of urea groups is 1. The van der Waals surface area contributed by atoms with Crippen molar-refractivity contribution in [2.75, 3.05) is 25.5 Å². The van der Waals surface area contributed by atoms with Gasteiger partial charge in [-0.25, -0.2) is 9.31 Å². The minimum atomic E-state index is -4.53. The van der Waals surface area contributed by atoms with Crippen LogP contribution in [0.15, 0.2) is 36.2 Å². The first-order valence-corrected chi connectivity index (χ1v) is 10.8. The van der Waals surface area contributed by atoms with Crippen molar-refractivity contribution >= 4 is 33.8 Å². The number of rotatable bonds is 3. The number of likely N-dealkylation sites (tertiary alicyclic amines) is 1. The highest BCUT2D eigenvalue weighted by molar-refractivity contribution is 7.15. The minimum absolute atomic E-state index is 0.00560. The molecule has 32 heavy (non-hydrogen) atoms. The highest BCUT2D eigenvalue weighted by Crippen LogP contribution is 2.50. The molecule has 3 aromatic heterocycles. The molecule has 0 unspecified atom stereocenters. The van der Waals surface area contributed by atoms with Crippen LogP contribution < -0.4 is 5.32 Å². The van der Waals surface area contributed by atoms with E-state index in [1.807, 2.05) is 5.38 Å². The third-order valence-electron chi connectivity index (χ3n) is 6.22. The minimum Gasteiger partial charge on any atom is -0.337 e. The molecule has 1 saturated carbocycles. The Hall–Kier alpha value is -3.15. The van der Waals surface area contributed by atoms with Crippen LogP contribution in [0.3, 0.4) is 0 Å². The van der Waals surface area contributed by atoms with Crippen LogP contribution in [0.5, 0.6) is 0 Å². The second-order valence-corrected chi connectivity index (χ2v) is 9.33. The first-order valence-electron chi connectivity index (χ1n) is 9.91. The summed E-state index contributed by atoms with van der Waals surface area (Å²) >= 11 is 1.47. The topological polar surface area (TPSA) is 82.8 Å².